The van der Waals surface area contributed by atoms with Crippen LogP contribution < -0.4 is 5.73 Å². The number of benzene rings is 1. The van der Waals surface area contributed by atoms with E-state index in [1.807, 2.05) is 4.68 Å². The van der Waals surface area contributed by atoms with Gasteiger partial charge < -0.3 is 5.73 Å². The van der Waals surface area contributed by atoms with E-state index in [-0.39, 0.29) is 5.41 Å². The van der Waals surface area contributed by atoms with Gasteiger partial charge in [-0.25, -0.2) is 4.68 Å². The van der Waals surface area contributed by atoms with E-state index in [0.717, 1.165) is 23.5 Å². The molecule has 1 heterocycles. The first-order valence-corrected chi connectivity index (χ1v) is 7.56. The van der Waals surface area contributed by atoms with Crippen LogP contribution in [0.25, 0.3) is 11.3 Å². The van der Waals surface area contributed by atoms with Crippen molar-refractivity contribution >= 4 is 0 Å². The number of hydrogen-bond acceptors (Lipinski definition) is 3. The molecule has 0 aliphatic heterocycles. The van der Waals surface area contributed by atoms with Crippen LogP contribution in [0.5, 0.6) is 0 Å². The van der Waals surface area contributed by atoms with Crippen molar-refractivity contribution in [1.29, 1.82) is 0 Å². The number of nitrogens with two attached hydrogens (primary N) is 1. The smallest absolute Gasteiger partial charge is 0.104 e. The normalized spacial score (nSPS) is 12.1. The first-order chi connectivity index (χ1) is 9.82. The van der Waals surface area contributed by atoms with Crippen molar-refractivity contribution in [3.05, 3.63) is 35.5 Å². The summed E-state index contributed by atoms with van der Waals surface area (Å²) in [7, 11) is 0. The molecule has 0 atom stereocenters. The molecular formula is C17H26N4. The molecule has 2 rings (SSSR count). The minimum absolute atomic E-state index is 0.158. The zero-order chi connectivity index (χ0) is 15.6. The molecule has 2 aromatic rings. The first-order valence-electron chi connectivity index (χ1n) is 7.56. The van der Waals surface area contributed by atoms with Crippen LogP contribution in [0.3, 0.4) is 0 Å². The summed E-state index contributed by atoms with van der Waals surface area (Å²) < 4.78 is 1.97. The Labute approximate surface area is 127 Å². The summed E-state index contributed by atoms with van der Waals surface area (Å²) in [5.74, 6) is 0.518. The van der Waals surface area contributed by atoms with Crippen LogP contribution in [0.4, 0.5) is 0 Å². The Bertz CT molecular complexity index is 588. The summed E-state index contributed by atoms with van der Waals surface area (Å²) in [6, 6.07) is 8.66. The number of rotatable bonds is 4. The summed E-state index contributed by atoms with van der Waals surface area (Å²) in [6.45, 7) is 12.3. The van der Waals surface area contributed by atoms with Crippen molar-refractivity contribution in [2.24, 2.45) is 11.7 Å². The maximum Gasteiger partial charge on any atom is 0.104 e. The molecule has 0 unspecified atom stereocenters. The van der Waals surface area contributed by atoms with Crippen molar-refractivity contribution in [2.75, 3.05) is 0 Å². The van der Waals surface area contributed by atoms with E-state index in [1.165, 1.54) is 5.56 Å². The van der Waals surface area contributed by atoms with Gasteiger partial charge in [0.15, 0.2) is 0 Å². The Balaban J connectivity index is 2.43. The van der Waals surface area contributed by atoms with Gasteiger partial charge in [-0.3, -0.25) is 0 Å². The number of hydrogen-bond donors (Lipinski definition) is 1. The highest BCUT2D eigenvalue weighted by molar-refractivity contribution is 5.62. The van der Waals surface area contributed by atoms with Crippen LogP contribution in [0.15, 0.2) is 24.3 Å². The molecule has 0 aliphatic rings. The van der Waals surface area contributed by atoms with Gasteiger partial charge >= 0.3 is 0 Å². The van der Waals surface area contributed by atoms with E-state index in [9.17, 15) is 0 Å². The molecule has 0 saturated carbocycles. The topological polar surface area (TPSA) is 56.7 Å². The van der Waals surface area contributed by atoms with Crippen LogP contribution in [0.2, 0.25) is 0 Å². The van der Waals surface area contributed by atoms with Crippen molar-refractivity contribution in [2.45, 2.75) is 53.1 Å². The van der Waals surface area contributed by atoms with Crippen LogP contribution in [-0.4, -0.2) is 15.0 Å². The first kappa shape index (κ1) is 15.7. The van der Waals surface area contributed by atoms with Crippen LogP contribution in [-0.2, 0) is 18.5 Å². The lowest BCUT2D eigenvalue weighted by molar-refractivity contribution is 0.475. The minimum Gasteiger partial charge on any atom is -0.325 e. The lowest BCUT2D eigenvalue weighted by atomic mass is 9.86. The quantitative estimate of drug-likeness (QED) is 0.937. The predicted octanol–water partition coefficient (Wildman–Crippen LogP) is 3.36. The lowest BCUT2D eigenvalue weighted by Crippen LogP contribution is -2.11. The highest BCUT2D eigenvalue weighted by atomic mass is 15.4. The molecular weight excluding hydrogens is 260 g/mol. The Morgan fingerprint density at radius 1 is 1.14 bits per heavy atom. The Hall–Kier alpha value is -1.68. The molecule has 0 aliphatic carbocycles. The van der Waals surface area contributed by atoms with Crippen molar-refractivity contribution in [3.8, 4) is 11.3 Å². The number of aromatic nitrogens is 3. The van der Waals surface area contributed by atoms with Gasteiger partial charge in [0.1, 0.15) is 5.69 Å². The largest absolute Gasteiger partial charge is 0.325 e. The molecule has 21 heavy (non-hydrogen) atoms. The molecule has 0 spiro atoms. The highest BCUT2D eigenvalue weighted by Crippen LogP contribution is 2.27. The summed E-state index contributed by atoms with van der Waals surface area (Å²) in [4.78, 5) is 0. The molecule has 2 N–H and O–H groups in total. The van der Waals surface area contributed by atoms with E-state index in [2.05, 4.69) is 69.2 Å². The molecule has 0 amide bonds. The summed E-state index contributed by atoms with van der Waals surface area (Å²) >= 11 is 0. The van der Waals surface area contributed by atoms with Gasteiger partial charge in [-0.2, -0.15) is 0 Å². The Kier molecular flexibility index (Phi) is 4.47. The standard InChI is InChI=1S/C17H26N4/c1-12(2)11-21-16(15(10-18)19-20-21)13-6-8-14(9-7-13)17(3,4)5/h6-9,12H,10-11,18H2,1-5H3. The molecule has 1 aromatic heterocycles. The van der Waals surface area contributed by atoms with Gasteiger partial charge in [0, 0.05) is 18.7 Å². The van der Waals surface area contributed by atoms with E-state index in [4.69, 9.17) is 5.73 Å². The maximum absolute atomic E-state index is 5.82. The van der Waals surface area contributed by atoms with E-state index in [0.29, 0.717) is 12.5 Å². The zero-order valence-electron chi connectivity index (χ0n) is 13.7. The van der Waals surface area contributed by atoms with Crippen LogP contribution in [0, 0.1) is 5.92 Å². The average Bonchev–Trinajstić information content (AvgIpc) is 2.80. The highest BCUT2D eigenvalue weighted by Gasteiger charge is 2.17. The minimum atomic E-state index is 0.158. The van der Waals surface area contributed by atoms with Gasteiger partial charge in [-0.05, 0) is 16.9 Å². The van der Waals surface area contributed by atoms with Crippen LogP contribution >= 0.6 is 0 Å². The van der Waals surface area contributed by atoms with Crippen molar-refractivity contribution < 1.29 is 0 Å². The lowest BCUT2D eigenvalue weighted by Gasteiger charge is -2.19. The Morgan fingerprint density at radius 2 is 1.76 bits per heavy atom. The van der Waals surface area contributed by atoms with Gasteiger partial charge in [-0.15, -0.1) is 5.10 Å². The van der Waals surface area contributed by atoms with E-state index in [1.54, 1.807) is 0 Å². The monoisotopic (exact) mass is 286 g/mol. The molecule has 0 saturated heterocycles. The summed E-state index contributed by atoms with van der Waals surface area (Å²) in [5.41, 5.74) is 10.3. The second kappa shape index (κ2) is 5.98. The molecule has 0 fully saturated rings. The molecule has 4 heteroatoms. The average molecular weight is 286 g/mol. The predicted molar refractivity (Wildman–Crippen MR) is 86.9 cm³/mol. The molecule has 114 valence electrons. The fourth-order valence-electron chi connectivity index (χ4n) is 2.40. The molecule has 4 nitrogen and oxygen atoms in total. The van der Waals surface area contributed by atoms with E-state index >= 15 is 0 Å². The SMILES string of the molecule is CC(C)Cn1nnc(CN)c1-c1ccc(C(C)(C)C)cc1. The van der Waals surface area contributed by atoms with E-state index < -0.39 is 0 Å². The summed E-state index contributed by atoms with van der Waals surface area (Å²) in [5, 5.41) is 8.48. The molecule has 1 aromatic carbocycles. The van der Waals surface area contributed by atoms with Crippen molar-refractivity contribution in [1.82, 2.24) is 15.0 Å². The van der Waals surface area contributed by atoms with Crippen LogP contribution in [0.1, 0.15) is 45.9 Å². The fraction of sp³-hybridized carbons (Fsp3) is 0.529. The third kappa shape index (κ3) is 3.50. The molecule has 0 bridgehead atoms. The van der Waals surface area contributed by atoms with Crippen molar-refractivity contribution in [3.63, 3.8) is 0 Å². The van der Waals surface area contributed by atoms with Gasteiger partial charge in [-0.1, -0.05) is 64.1 Å². The van der Waals surface area contributed by atoms with Gasteiger partial charge in [0.05, 0.1) is 5.69 Å². The Morgan fingerprint density at radius 3 is 2.24 bits per heavy atom. The zero-order valence-corrected chi connectivity index (χ0v) is 13.7. The summed E-state index contributed by atoms with van der Waals surface area (Å²) in [6.07, 6.45) is 0. The van der Waals surface area contributed by atoms with Gasteiger partial charge in [0.25, 0.3) is 0 Å². The fourth-order valence-corrected chi connectivity index (χ4v) is 2.40. The second-order valence-corrected chi connectivity index (χ2v) is 6.99. The third-order valence-corrected chi connectivity index (χ3v) is 3.56. The molecule has 0 radical (unpaired) electrons. The maximum atomic E-state index is 5.82. The third-order valence-electron chi connectivity index (χ3n) is 3.56. The number of nitrogens with zero attached hydrogens (tertiary/aromatic N) is 3. The second-order valence-electron chi connectivity index (χ2n) is 6.99. The van der Waals surface area contributed by atoms with Gasteiger partial charge in [0.2, 0.25) is 0 Å².